The van der Waals surface area contributed by atoms with Crippen LogP contribution in [0, 0.1) is 0 Å². The van der Waals surface area contributed by atoms with Crippen molar-refractivity contribution < 1.29 is 9.52 Å². The number of oxazole rings is 1. The number of hydrogen-bond acceptors (Lipinski definition) is 4. The number of fused-ring (bicyclic) bond motifs is 1. The minimum absolute atomic E-state index is 0.358. The second kappa shape index (κ2) is 5.36. The number of aliphatic hydroxyl groups is 1. The van der Waals surface area contributed by atoms with Crippen LogP contribution in [0.3, 0.4) is 0 Å². The van der Waals surface area contributed by atoms with Crippen molar-refractivity contribution in [2.45, 2.75) is 12.5 Å². The predicted octanol–water partition coefficient (Wildman–Crippen LogP) is 4.69. The number of rotatable bonds is 3. The van der Waals surface area contributed by atoms with Gasteiger partial charge in [0.25, 0.3) is 0 Å². The number of aliphatic hydroxyl groups excluding tert-OH is 1. The van der Waals surface area contributed by atoms with Gasteiger partial charge in [-0.3, -0.25) is 0 Å². The molecule has 98 valence electrons. The molecule has 1 aromatic carbocycles. The smallest absolute Gasteiger partial charge is 0.198 e. The van der Waals surface area contributed by atoms with E-state index in [0.717, 1.165) is 24.2 Å². The summed E-state index contributed by atoms with van der Waals surface area (Å²) in [7, 11) is 0. The molecule has 2 heterocycles. The van der Waals surface area contributed by atoms with Crippen molar-refractivity contribution in [3.63, 3.8) is 0 Å². The zero-order valence-electron chi connectivity index (χ0n) is 9.64. The van der Waals surface area contributed by atoms with Crippen LogP contribution in [0.15, 0.2) is 42.3 Å². The molecule has 0 aliphatic rings. The minimum atomic E-state index is -0.634. The molecule has 0 aliphatic carbocycles. The van der Waals surface area contributed by atoms with E-state index in [1.807, 2.05) is 30.3 Å². The van der Waals surface area contributed by atoms with E-state index in [4.69, 9.17) is 4.42 Å². The highest BCUT2D eigenvalue weighted by atomic mass is 79.9. The van der Waals surface area contributed by atoms with E-state index < -0.39 is 6.10 Å². The van der Waals surface area contributed by atoms with Crippen molar-refractivity contribution in [2.24, 2.45) is 0 Å². The number of para-hydroxylation sites is 2. The summed E-state index contributed by atoms with van der Waals surface area (Å²) in [4.78, 5) is 4.36. The molecule has 0 aliphatic heterocycles. The minimum Gasteiger partial charge on any atom is -0.441 e. The molecule has 1 N–H and O–H groups in total. The quantitative estimate of drug-likeness (QED) is 0.691. The molecule has 3 nitrogen and oxygen atoms in total. The predicted molar refractivity (Wildman–Crippen MR) is 82.4 cm³/mol. The van der Waals surface area contributed by atoms with Crippen molar-refractivity contribution in [2.75, 3.05) is 0 Å². The fourth-order valence-electron chi connectivity index (χ4n) is 1.86. The van der Waals surface area contributed by atoms with Gasteiger partial charge in [-0.05, 0) is 50.1 Å². The molecule has 0 saturated heterocycles. The average Bonchev–Trinajstić information content (AvgIpc) is 2.91. The maximum Gasteiger partial charge on any atom is 0.198 e. The van der Waals surface area contributed by atoms with Crippen LogP contribution in [0.2, 0.25) is 0 Å². The Labute approximate surface area is 130 Å². The van der Waals surface area contributed by atoms with Gasteiger partial charge in [0.05, 0.1) is 20.1 Å². The number of thiophene rings is 1. The van der Waals surface area contributed by atoms with Gasteiger partial charge in [-0.1, -0.05) is 12.1 Å². The van der Waals surface area contributed by atoms with Crippen LogP contribution in [0.1, 0.15) is 17.6 Å². The van der Waals surface area contributed by atoms with Gasteiger partial charge >= 0.3 is 0 Å². The fraction of sp³-hybridized carbons (Fsp3) is 0.154. The molecule has 1 atom stereocenters. The Balaban J connectivity index is 1.86. The third-order valence-corrected chi connectivity index (χ3v) is 5.13. The standard InChI is InChI=1S/C13H9Br2NO2S/c14-11-5-7(13(15)19-11)9(17)6-12-16-8-3-1-2-4-10(8)18-12/h1-5,9,17H,6H2. The molecule has 3 aromatic rings. The van der Waals surface area contributed by atoms with Crippen molar-refractivity contribution in [3.8, 4) is 0 Å². The number of aromatic nitrogens is 1. The van der Waals surface area contributed by atoms with Crippen LogP contribution < -0.4 is 0 Å². The van der Waals surface area contributed by atoms with Gasteiger partial charge < -0.3 is 9.52 Å². The fourth-order valence-corrected chi connectivity index (χ4v) is 4.82. The third-order valence-electron chi connectivity index (χ3n) is 2.75. The van der Waals surface area contributed by atoms with Gasteiger partial charge in [0.1, 0.15) is 5.52 Å². The first-order valence-corrected chi connectivity index (χ1v) is 8.01. The Bertz CT molecular complexity index is 689. The highest BCUT2D eigenvalue weighted by Gasteiger charge is 2.18. The van der Waals surface area contributed by atoms with Crippen LogP contribution in [0.5, 0.6) is 0 Å². The lowest BCUT2D eigenvalue weighted by Gasteiger charge is -2.06. The summed E-state index contributed by atoms with van der Waals surface area (Å²) >= 11 is 8.38. The van der Waals surface area contributed by atoms with Gasteiger partial charge in [-0.2, -0.15) is 0 Å². The van der Waals surface area contributed by atoms with E-state index in [2.05, 4.69) is 36.8 Å². The van der Waals surface area contributed by atoms with Crippen LogP contribution >= 0.6 is 43.2 Å². The molecule has 19 heavy (non-hydrogen) atoms. The second-order valence-electron chi connectivity index (χ2n) is 4.07. The van der Waals surface area contributed by atoms with Crippen molar-refractivity contribution >= 4 is 54.3 Å². The molecule has 3 rings (SSSR count). The van der Waals surface area contributed by atoms with Crippen molar-refractivity contribution in [3.05, 3.63) is 49.4 Å². The number of benzene rings is 1. The lowest BCUT2D eigenvalue weighted by atomic mass is 10.1. The maximum absolute atomic E-state index is 10.2. The molecule has 2 aromatic heterocycles. The summed E-state index contributed by atoms with van der Waals surface area (Å²) in [5, 5.41) is 10.2. The molecule has 6 heteroatoms. The molecular formula is C13H9Br2NO2S. The highest BCUT2D eigenvalue weighted by molar-refractivity contribution is 9.12. The first-order chi connectivity index (χ1) is 9.13. The summed E-state index contributed by atoms with van der Waals surface area (Å²) in [5.74, 6) is 0.544. The number of halogens is 2. The molecule has 0 saturated carbocycles. The molecule has 0 radical (unpaired) electrons. The Morgan fingerprint density at radius 1 is 1.32 bits per heavy atom. The normalized spacial score (nSPS) is 13.0. The van der Waals surface area contributed by atoms with E-state index in [1.54, 1.807) is 0 Å². The van der Waals surface area contributed by atoms with E-state index in [-0.39, 0.29) is 0 Å². The van der Waals surface area contributed by atoms with E-state index in [0.29, 0.717) is 12.3 Å². The molecular weight excluding hydrogens is 394 g/mol. The van der Waals surface area contributed by atoms with Gasteiger partial charge in [0, 0.05) is 5.56 Å². The van der Waals surface area contributed by atoms with Crippen LogP contribution in [0.4, 0.5) is 0 Å². The van der Waals surface area contributed by atoms with E-state index >= 15 is 0 Å². The largest absolute Gasteiger partial charge is 0.441 e. The first-order valence-electron chi connectivity index (χ1n) is 5.61. The topological polar surface area (TPSA) is 46.3 Å². The first kappa shape index (κ1) is 13.3. The summed E-state index contributed by atoms with van der Waals surface area (Å²) in [6.07, 6.45) is -0.277. The average molecular weight is 403 g/mol. The number of hydrogen-bond donors (Lipinski definition) is 1. The Hall–Kier alpha value is -0.690. The van der Waals surface area contributed by atoms with Crippen molar-refractivity contribution in [1.29, 1.82) is 0 Å². The van der Waals surface area contributed by atoms with E-state index in [9.17, 15) is 5.11 Å². The molecule has 0 amide bonds. The highest BCUT2D eigenvalue weighted by Crippen LogP contribution is 2.36. The van der Waals surface area contributed by atoms with Crippen LogP contribution in [-0.4, -0.2) is 10.1 Å². The zero-order chi connectivity index (χ0) is 13.4. The third kappa shape index (κ3) is 2.76. The molecule has 0 bridgehead atoms. The molecule has 0 spiro atoms. The van der Waals surface area contributed by atoms with Gasteiger partial charge in [0.15, 0.2) is 11.5 Å². The Kier molecular flexibility index (Phi) is 3.75. The maximum atomic E-state index is 10.2. The molecule has 0 fully saturated rings. The lowest BCUT2D eigenvalue weighted by Crippen LogP contribution is -2.01. The second-order valence-corrected chi connectivity index (χ2v) is 7.82. The van der Waals surface area contributed by atoms with E-state index in [1.165, 1.54) is 11.3 Å². The van der Waals surface area contributed by atoms with Gasteiger partial charge in [-0.25, -0.2) is 4.98 Å². The zero-order valence-corrected chi connectivity index (χ0v) is 13.6. The lowest BCUT2D eigenvalue weighted by molar-refractivity contribution is 0.169. The monoisotopic (exact) mass is 401 g/mol. The van der Waals surface area contributed by atoms with Gasteiger partial charge in [-0.15, -0.1) is 11.3 Å². The summed E-state index contributed by atoms with van der Waals surface area (Å²) in [5.41, 5.74) is 2.41. The van der Waals surface area contributed by atoms with Crippen molar-refractivity contribution in [1.82, 2.24) is 4.98 Å². The van der Waals surface area contributed by atoms with Crippen LogP contribution in [0.25, 0.3) is 11.1 Å². The Morgan fingerprint density at radius 2 is 2.11 bits per heavy atom. The van der Waals surface area contributed by atoms with Gasteiger partial charge in [0.2, 0.25) is 0 Å². The summed E-state index contributed by atoms with van der Waals surface area (Å²) < 4.78 is 7.51. The Morgan fingerprint density at radius 3 is 2.79 bits per heavy atom. The number of nitrogens with zero attached hydrogens (tertiary/aromatic N) is 1. The summed E-state index contributed by atoms with van der Waals surface area (Å²) in [6.45, 7) is 0. The summed E-state index contributed by atoms with van der Waals surface area (Å²) in [6, 6.07) is 9.49. The van der Waals surface area contributed by atoms with Crippen LogP contribution in [-0.2, 0) is 6.42 Å². The molecule has 1 unspecified atom stereocenters. The SMILES string of the molecule is OC(Cc1nc2ccccc2o1)c1cc(Br)sc1Br.